The Morgan fingerprint density at radius 1 is 1.13 bits per heavy atom. The summed E-state index contributed by atoms with van der Waals surface area (Å²) in [7, 11) is -1.95. The van der Waals surface area contributed by atoms with Crippen LogP contribution in [-0.2, 0) is 16.6 Å². The molecule has 0 bridgehead atoms. The van der Waals surface area contributed by atoms with Gasteiger partial charge in [0.05, 0.1) is 0 Å². The van der Waals surface area contributed by atoms with E-state index in [1.54, 1.807) is 19.2 Å². The smallest absolute Gasteiger partial charge is 0.260 e. The summed E-state index contributed by atoms with van der Waals surface area (Å²) in [4.78, 5) is 4.16. The number of benzene rings is 1. The summed E-state index contributed by atoms with van der Waals surface area (Å²) in [5, 5.41) is 0.0335. The van der Waals surface area contributed by atoms with Crippen molar-refractivity contribution < 1.29 is 13.2 Å². The molecule has 1 aromatic carbocycles. The lowest BCUT2D eigenvalue weighted by atomic mass is 10.2. The number of ether oxygens (including phenoxy) is 1. The van der Waals surface area contributed by atoms with Crippen molar-refractivity contribution in [1.82, 2.24) is 9.29 Å². The Balaban J connectivity index is 1.71. The Bertz CT molecular complexity index is 758. The van der Waals surface area contributed by atoms with E-state index in [1.807, 2.05) is 30.3 Å². The molecule has 0 aliphatic heterocycles. The SMILES string of the molecule is CN(CC1CC1)S(=O)(=O)c1cccc(OCc2ccccc2)n1. The van der Waals surface area contributed by atoms with Gasteiger partial charge in [-0.3, -0.25) is 0 Å². The molecule has 0 atom stereocenters. The average molecular weight is 332 g/mol. The third kappa shape index (κ3) is 4.09. The summed E-state index contributed by atoms with van der Waals surface area (Å²) < 4.78 is 32.0. The Kier molecular flexibility index (Phi) is 4.63. The monoisotopic (exact) mass is 332 g/mol. The second-order valence-electron chi connectivity index (χ2n) is 5.82. The minimum absolute atomic E-state index is 0.0335. The van der Waals surface area contributed by atoms with Gasteiger partial charge in [0.25, 0.3) is 10.0 Å². The average Bonchev–Trinajstić information content (AvgIpc) is 3.38. The van der Waals surface area contributed by atoms with Gasteiger partial charge in [0.2, 0.25) is 5.88 Å². The first-order valence-corrected chi connectivity index (χ1v) is 9.10. The second kappa shape index (κ2) is 6.68. The molecular formula is C17H20N2O3S. The third-order valence-electron chi connectivity index (χ3n) is 3.81. The fraction of sp³-hybridized carbons (Fsp3) is 0.353. The number of hydrogen-bond acceptors (Lipinski definition) is 4. The van der Waals surface area contributed by atoms with Gasteiger partial charge in [-0.1, -0.05) is 36.4 Å². The standard InChI is InChI=1S/C17H20N2O3S/c1-19(12-14-10-11-14)23(20,21)17-9-5-8-16(18-17)22-13-15-6-3-2-4-7-15/h2-9,14H,10-13H2,1H3. The predicted octanol–water partition coefficient (Wildman–Crippen LogP) is 2.69. The van der Waals surface area contributed by atoms with Gasteiger partial charge in [-0.05, 0) is 30.4 Å². The van der Waals surface area contributed by atoms with Crippen LogP contribution < -0.4 is 4.74 Å². The number of nitrogens with zero attached hydrogens (tertiary/aromatic N) is 2. The Morgan fingerprint density at radius 2 is 1.87 bits per heavy atom. The molecule has 1 heterocycles. The van der Waals surface area contributed by atoms with Crippen LogP contribution in [0.2, 0.25) is 0 Å². The van der Waals surface area contributed by atoms with Gasteiger partial charge >= 0.3 is 0 Å². The van der Waals surface area contributed by atoms with E-state index in [9.17, 15) is 8.42 Å². The molecule has 0 amide bonds. The van der Waals surface area contributed by atoms with Crippen molar-refractivity contribution in [3.63, 3.8) is 0 Å². The maximum atomic E-state index is 12.5. The Labute approximate surface area is 137 Å². The molecule has 0 spiro atoms. The number of sulfonamides is 1. The van der Waals surface area contributed by atoms with Gasteiger partial charge in [0.1, 0.15) is 6.61 Å². The van der Waals surface area contributed by atoms with Crippen molar-refractivity contribution >= 4 is 10.0 Å². The van der Waals surface area contributed by atoms with Gasteiger partial charge in [-0.2, -0.15) is 4.31 Å². The highest BCUT2D eigenvalue weighted by Gasteiger charge is 2.30. The van der Waals surface area contributed by atoms with Crippen LogP contribution in [0.1, 0.15) is 18.4 Å². The van der Waals surface area contributed by atoms with Gasteiger partial charge in [-0.15, -0.1) is 0 Å². The van der Waals surface area contributed by atoms with Gasteiger partial charge in [-0.25, -0.2) is 13.4 Å². The lowest BCUT2D eigenvalue weighted by Crippen LogP contribution is -2.29. The molecule has 0 unspecified atom stereocenters. The topological polar surface area (TPSA) is 59.5 Å². The van der Waals surface area contributed by atoms with Crippen molar-refractivity contribution in [2.75, 3.05) is 13.6 Å². The van der Waals surface area contributed by atoms with Crippen LogP contribution in [0.4, 0.5) is 0 Å². The largest absolute Gasteiger partial charge is 0.473 e. The van der Waals surface area contributed by atoms with Crippen molar-refractivity contribution in [3.05, 3.63) is 54.1 Å². The highest BCUT2D eigenvalue weighted by Crippen LogP contribution is 2.30. The number of hydrogen-bond donors (Lipinski definition) is 0. The van der Waals surface area contributed by atoms with E-state index in [0.717, 1.165) is 18.4 Å². The normalized spacial score (nSPS) is 14.9. The first-order valence-electron chi connectivity index (χ1n) is 7.66. The Hall–Kier alpha value is -1.92. The molecule has 0 radical (unpaired) electrons. The maximum Gasteiger partial charge on any atom is 0.260 e. The van der Waals surface area contributed by atoms with Crippen molar-refractivity contribution in [2.45, 2.75) is 24.5 Å². The molecule has 6 heteroatoms. The molecule has 1 aromatic heterocycles. The zero-order valence-electron chi connectivity index (χ0n) is 13.1. The molecule has 0 saturated heterocycles. The molecule has 1 fully saturated rings. The van der Waals surface area contributed by atoms with E-state index in [2.05, 4.69) is 4.98 Å². The molecule has 23 heavy (non-hydrogen) atoms. The molecule has 5 nitrogen and oxygen atoms in total. The predicted molar refractivity (Wildman–Crippen MR) is 87.6 cm³/mol. The molecule has 1 aliphatic carbocycles. The van der Waals surface area contributed by atoms with E-state index in [1.165, 1.54) is 10.4 Å². The highest BCUT2D eigenvalue weighted by atomic mass is 32.2. The first-order chi connectivity index (χ1) is 11.1. The van der Waals surface area contributed by atoms with E-state index in [-0.39, 0.29) is 5.03 Å². The van der Waals surface area contributed by atoms with Crippen LogP contribution in [0, 0.1) is 5.92 Å². The summed E-state index contributed by atoms with van der Waals surface area (Å²) in [5.74, 6) is 0.807. The van der Waals surface area contributed by atoms with Crippen LogP contribution >= 0.6 is 0 Å². The van der Waals surface area contributed by atoms with Crippen LogP contribution in [0.3, 0.4) is 0 Å². The molecule has 3 rings (SSSR count). The minimum Gasteiger partial charge on any atom is -0.473 e. The fourth-order valence-corrected chi connectivity index (χ4v) is 3.46. The molecule has 1 aliphatic rings. The summed E-state index contributed by atoms with van der Waals surface area (Å²) in [6.45, 7) is 0.911. The zero-order valence-corrected chi connectivity index (χ0v) is 13.9. The molecular weight excluding hydrogens is 312 g/mol. The van der Waals surface area contributed by atoms with Gasteiger partial charge in [0, 0.05) is 19.7 Å². The van der Waals surface area contributed by atoms with Crippen LogP contribution in [-0.4, -0.2) is 31.3 Å². The minimum atomic E-state index is -3.56. The Morgan fingerprint density at radius 3 is 2.57 bits per heavy atom. The number of pyridine rings is 1. The lowest BCUT2D eigenvalue weighted by molar-refractivity contribution is 0.291. The van der Waals surface area contributed by atoms with Crippen molar-refractivity contribution in [3.8, 4) is 5.88 Å². The zero-order chi connectivity index (χ0) is 16.3. The molecule has 122 valence electrons. The highest BCUT2D eigenvalue weighted by molar-refractivity contribution is 7.89. The van der Waals surface area contributed by atoms with E-state index in [4.69, 9.17) is 4.74 Å². The fourth-order valence-electron chi connectivity index (χ4n) is 2.27. The summed E-state index contributed by atoms with van der Waals surface area (Å²) >= 11 is 0. The van der Waals surface area contributed by atoms with Crippen LogP contribution in [0.5, 0.6) is 5.88 Å². The third-order valence-corrected chi connectivity index (χ3v) is 5.54. The quantitative estimate of drug-likeness (QED) is 0.782. The first kappa shape index (κ1) is 16.0. The maximum absolute atomic E-state index is 12.5. The number of rotatable bonds is 7. The van der Waals surface area contributed by atoms with Crippen molar-refractivity contribution in [1.29, 1.82) is 0 Å². The second-order valence-corrected chi connectivity index (χ2v) is 7.81. The van der Waals surface area contributed by atoms with Gasteiger partial charge in [0.15, 0.2) is 5.03 Å². The number of aromatic nitrogens is 1. The van der Waals surface area contributed by atoms with Gasteiger partial charge < -0.3 is 4.74 Å². The molecule has 0 N–H and O–H groups in total. The van der Waals surface area contributed by atoms with E-state index >= 15 is 0 Å². The van der Waals surface area contributed by atoms with Crippen molar-refractivity contribution in [2.24, 2.45) is 5.92 Å². The molecule has 2 aromatic rings. The van der Waals surface area contributed by atoms with E-state index in [0.29, 0.717) is 24.9 Å². The lowest BCUT2D eigenvalue weighted by Gasteiger charge is -2.16. The van der Waals surface area contributed by atoms with E-state index < -0.39 is 10.0 Å². The van der Waals surface area contributed by atoms with Crippen LogP contribution in [0.15, 0.2) is 53.6 Å². The summed E-state index contributed by atoms with van der Waals surface area (Å²) in [6, 6.07) is 14.5. The summed E-state index contributed by atoms with van der Waals surface area (Å²) in [5.41, 5.74) is 1.01. The summed E-state index contributed by atoms with van der Waals surface area (Å²) in [6.07, 6.45) is 2.21. The molecule has 1 saturated carbocycles. The van der Waals surface area contributed by atoms with Crippen LogP contribution in [0.25, 0.3) is 0 Å².